The van der Waals surface area contributed by atoms with E-state index < -0.39 is 28.2 Å². The molecule has 0 aliphatic rings. The minimum Gasteiger partial charge on any atom is -0.330 e. The molecule has 7 heteroatoms. The molecule has 92 valence electrons. The monoisotopic (exact) mass is 247 g/mol. The number of unbranched alkanes of at least 4 members (excludes halogenated alkanes) is 1. The summed E-state index contributed by atoms with van der Waals surface area (Å²) in [6.45, 7) is 0.401. The fourth-order valence-corrected chi connectivity index (χ4v) is 2.49. The second-order valence-electron chi connectivity index (χ2n) is 3.37. The van der Waals surface area contributed by atoms with E-state index in [0.717, 1.165) is 0 Å². The van der Waals surface area contributed by atoms with Gasteiger partial charge in [0.2, 0.25) is 0 Å². The van der Waals surface area contributed by atoms with E-state index in [-0.39, 0.29) is 12.2 Å². The number of hydrogen-bond acceptors (Lipinski definition) is 3. The van der Waals surface area contributed by atoms with Crippen LogP contribution in [0.1, 0.15) is 25.7 Å². The highest BCUT2D eigenvalue weighted by Crippen LogP contribution is 2.21. The second-order valence-corrected chi connectivity index (χ2v) is 5.67. The molecule has 3 nitrogen and oxygen atoms in total. The molecule has 0 aliphatic carbocycles. The zero-order valence-electron chi connectivity index (χ0n) is 8.39. The lowest BCUT2D eigenvalue weighted by molar-refractivity contribution is -0.134. The van der Waals surface area contributed by atoms with Crippen molar-refractivity contribution in [2.45, 2.75) is 31.9 Å². The van der Waals surface area contributed by atoms with Crippen LogP contribution in [0.4, 0.5) is 13.2 Å². The lowest BCUT2D eigenvalue weighted by atomic mass is 10.3. The van der Waals surface area contributed by atoms with Crippen molar-refractivity contribution >= 4 is 9.84 Å². The van der Waals surface area contributed by atoms with Crippen LogP contribution in [0.15, 0.2) is 0 Å². The molecule has 0 bridgehead atoms. The molecule has 15 heavy (non-hydrogen) atoms. The Labute approximate surface area is 87.8 Å². The Balaban J connectivity index is 3.75. The summed E-state index contributed by atoms with van der Waals surface area (Å²) in [7, 11) is -3.33. The fraction of sp³-hybridized carbons (Fsp3) is 1.00. The number of hydrogen-bond donors (Lipinski definition) is 1. The van der Waals surface area contributed by atoms with Crippen LogP contribution in [-0.2, 0) is 9.84 Å². The number of nitrogens with two attached hydrogens (primary N) is 1. The molecule has 0 saturated carbocycles. The van der Waals surface area contributed by atoms with Gasteiger partial charge in [-0.1, -0.05) is 0 Å². The van der Waals surface area contributed by atoms with E-state index >= 15 is 0 Å². The van der Waals surface area contributed by atoms with Crippen molar-refractivity contribution in [2.24, 2.45) is 5.73 Å². The molecule has 0 spiro atoms. The molecule has 0 heterocycles. The van der Waals surface area contributed by atoms with Gasteiger partial charge in [-0.25, -0.2) is 8.42 Å². The van der Waals surface area contributed by atoms with Gasteiger partial charge in [-0.15, -0.1) is 0 Å². The Bertz CT molecular complexity index is 262. The molecule has 0 radical (unpaired) electrons. The van der Waals surface area contributed by atoms with Gasteiger partial charge in [-0.3, -0.25) is 0 Å². The Morgan fingerprint density at radius 1 is 1.00 bits per heavy atom. The maximum atomic E-state index is 11.7. The topological polar surface area (TPSA) is 60.2 Å². The van der Waals surface area contributed by atoms with Crippen LogP contribution in [0.5, 0.6) is 0 Å². The highest BCUT2D eigenvalue weighted by Gasteiger charge is 2.27. The standard InChI is InChI=1S/C8H16F3NO2S/c9-8(10,11)4-3-7-15(13,14)6-2-1-5-12/h1-7,12H2. The van der Waals surface area contributed by atoms with Crippen molar-refractivity contribution in [3.8, 4) is 0 Å². The summed E-state index contributed by atoms with van der Waals surface area (Å²) in [5, 5.41) is 0. The third-order valence-corrected chi connectivity index (χ3v) is 3.65. The van der Waals surface area contributed by atoms with E-state index in [9.17, 15) is 21.6 Å². The van der Waals surface area contributed by atoms with Crippen molar-refractivity contribution in [1.29, 1.82) is 0 Å². The molecule has 0 aromatic carbocycles. The minimum atomic E-state index is -4.27. The minimum absolute atomic E-state index is 0.0674. The number of sulfone groups is 1. The van der Waals surface area contributed by atoms with Crippen LogP contribution >= 0.6 is 0 Å². The highest BCUT2D eigenvalue weighted by molar-refractivity contribution is 7.91. The fourth-order valence-electron chi connectivity index (χ4n) is 1.06. The Morgan fingerprint density at radius 2 is 1.53 bits per heavy atom. The third kappa shape index (κ3) is 9.99. The van der Waals surface area contributed by atoms with Crippen LogP contribution in [0.25, 0.3) is 0 Å². The van der Waals surface area contributed by atoms with E-state index in [1.54, 1.807) is 0 Å². The number of alkyl halides is 3. The lowest BCUT2D eigenvalue weighted by Gasteiger charge is -2.06. The van der Waals surface area contributed by atoms with Crippen molar-refractivity contribution in [3.63, 3.8) is 0 Å². The van der Waals surface area contributed by atoms with Crippen molar-refractivity contribution in [2.75, 3.05) is 18.1 Å². The number of halogens is 3. The van der Waals surface area contributed by atoms with Crippen molar-refractivity contribution in [3.05, 3.63) is 0 Å². The summed E-state index contributed by atoms with van der Waals surface area (Å²) in [5.41, 5.74) is 5.17. The molecule has 0 saturated heterocycles. The molecule has 0 amide bonds. The third-order valence-electron chi connectivity index (χ3n) is 1.83. The van der Waals surface area contributed by atoms with Crippen LogP contribution in [0.2, 0.25) is 0 Å². The molecule has 0 aliphatic heterocycles. The smallest absolute Gasteiger partial charge is 0.330 e. The average molecular weight is 247 g/mol. The molecule has 0 rings (SSSR count). The maximum Gasteiger partial charge on any atom is 0.389 e. The van der Waals surface area contributed by atoms with E-state index in [4.69, 9.17) is 5.73 Å². The van der Waals surface area contributed by atoms with Gasteiger partial charge < -0.3 is 5.73 Å². The molecule has 0 fully saturated rings. The molecule has 0 aromatic rings. The SMILES string of the molecule is NCCCCS(=O)(=O)CCCC(F)(F)F. The first-order valence-electron chi connectivity index (χ1n) is 4.74. The Kier molecular flexibility index (Phi) is 6.19. The van der Waals surface area contributed by atoms with Gasteiger partial charge in [0.25, 0.3) is 0 Å². The van der Waals surface area contributed by atoms with Gasteiger partial charge in [0.05, 0.1) is 11.5 Å². The molecule has 0 atom stereocenters. The summed E-state index contributed by atoms with van der Waals surface area (Å²) in [4.78, 5) is 0. The molecular weight excluding hydrogens is 231 g/mol. The zero-order valence-corrected chi connectivity index (χ0v) is 9.20. The van der Waals surface area contributed by atoms with Gasteiger partial charge in [0.15, 0.2) is 0 Å². The maximum absolute atomic E-state index is 11.7. The second kappa shape index (κ2) is 6.32. The molecule has 0 unspecified atom stereocenters. The van der Waals surface area contributed by atoms with E-state index in [2.05, 4.69) is 0 Å². The van der Waals surface area contributed by atoms with Crippen LogP contribution < -0.4 is 5.73 Å². The summed E-state index contributed by atoms with van der Waals surface area (Å²) in [6, 6.07) is 0. The Hall–Kier alpha value is -0.300. The zero-order chi connectivity index (χ0) is 11.9. The first kappa shape index (κ1) is 14.7. The molecule has 2 N–H and O–H groups in total. The Morgan fingerprint density at radius 3 is 2.00 bits per heavy atom. The predicted octanol–water partition coefficient (Wildman–Crippen LogP) is 1.48. The predicted molar refractivity (Wildman–Crippen MR) is 52.2 cm³/mol. The summed E-state index contributed by atoms with van der Waals surface area (Å²) in [6.07, 6.45) is -4.66. The van der Waals surface area contributed by atoms with Gasteiger partial charge in [0, 0.05) is 6.42 Å². The lowest BCUT2D eigenvalue weighted by Crippen LogP contribution is -2.15. The van der Waals surface area contributed by atoms with Gasteiger partial charge in [-0.2, -0.15) is 13.2 Å². The summed E-state index contributed by atoms with van der Waals surface area (Å²) >= 11 is 0. The van der Waals surface area contributed by atoms with E-state index in [1.807, 2.05) is 0 Å². The van der Waals surface area contributed by atoms with Crippen molar-refractivity contribution < 1.29 is 21.6 Å². The van der Waals surface area contributed by atoms with Gasteiger partial charge in [0.1, 0.15) is 9.84 Å². The molecule has 0 aromatic heterocycles. The summed E-state index contributed by atoms with van der Waals surface area (Å²) < 4.78 is 57.5. The van der Waals surface area contributed by atoms with Crippen LogP contribution in [0, 0.1) is 0 Å². The quantitative estimate of drug-likeness (QED) is 0.693. The van der Waals surface area contributed by atoms with E-state index in [0.29, 0.717) is 19.4 Å². The van der Waals surface area contributed by atoms with Crippen LogP contribution in [-0.4, -0.2) is 32.6 Å². The number of rotatable bonds is 7. The normalized spacial score (nSPS) is 13.1. The van der Waals surface area contributed by atoms with E-state index in [1.165, 1.54) is 0 Å². The first-order valence-corrected chi connectivity index (χ1v) is 6.56. The first-order chi connectivity index (χ1) is 6.77. The van der Waals surface area contributed by atoms with Gasteiger partial charge in [-0.05, 0) is 25.8 Å². The van der Waals surface area contributed by atoms with Crippen molar-refractivity contribution in [1.82, 2.24) is 0 Å². The summed E-state index contributed by atoms with van der Waals surface area (Å²) in [5.74, 6) is -0.459. The highest BCUT2D eigenvalue weighted by atomic mass is 32.2. The van der Waals surface area contributed by atoms with Gasteiger partial charge >= 0.3 is 6.18 Å². The average Bonchev–Trinajstić information content (AvgIpc) is 2.01. The largest absolute Gasteiger partial charge is 0.389 e. The molecular formula is C8H16F3NO2S. The van der Waals surface area contributed by atoms with Crippen LogP contribution in [0.3, 0.4) is 0 Å².